The van der Waals surface area contributed by atoms with Crippen LogP contribution in [0, 0.1) is 6.92 Å². The van der Waals surface area contributed by atoms with E-state index in [1.165, 1.54) is 20.3 Å². The predicted molar refractivity (Wildman–Crippen MR) is 133 cm³/mol. The van der Waals surface area contributed by atoms with E-state index in [1.54, 1.807) is 42.0 Å². The van der Waals surface area contributed by atoms with Crippen molar-refractivity contribution >= 4 is 23.1 Å². The maximum atomic E-state index is 13.3. The van der Waals surface area contributed by atoms with E-state index in [4.69, 9.17) is 9.47 Å². The topological polar surface area (TPSA) is 93.5 Å². The number of alkyl halides is 3. The number of fused-ring (bicyclic) bond motifs is 1. The molecule has 196 valence electrons. The van der Waals surface area contributed by atoms with Gasteiger partial charge in [0.1, 0.15) is 17.3 Å². The Balaban J connectivity index is 1.47. The highest BCUT2D eigenvalue weighted by atomic mass is 19.4. The fourth-order valence-corrected chi connectivity index (χ4v) is 4.20. The smallest absolute Gasteiger partial charge is 0.419 e. The lowest BCUT2D eigenvalue weighted by Gasteiger charge is -2.36. The fourth-order valence-electron chi connectivity index (χ4n) is 4.20. The Labute approximate surface area is 211 Å². The number of hydrogen-bond acceptors (Lipinski definition) is 7. The molecule has 0 aliphatic carbocycles. The lowest BCUT2D eigenvalue weighted by atomic mass is 10.1. The zero-order valence-electron chi connectivity index (χ0n) is 20.8. The molecule has 0 radical (unpaired) electrons. The number of halogens is 3. The van der Waals surface area contributed by atoms with E-state index in [0.717, 1.165) is 17.3 Å². The highest BCUT2D eigenvalue weighted by Crippen LogP contribution is 2.38. The SMILES string of the molecule is C=C(OC)[C@H]1C(=O)Nc2c(cc(NCc3cnn(Cc4ccc(OC)c(C(F)(F)F)c4)c3)nc2C)N1C. The molecule has 0 saturated carbocycles. The van der Waals surface area contributed by atoms with E-state index in [1.807, 2.05) is 6.07 Å². The monoisotopic (exact) mass is 516 g/mol. The van der Waals surface area contributed by atoms with E-state index in [2.05, 4.69) is 27.3 Å². The van der Waals surface area contributed by atoms with Crippen LogP contribution in [-0.2, 0) is 28.8 Å². The summed E-state index contributed by atoms with van der Waals surface area (Å²) in [7, 11) is 4.45. The largest absolute Gasteiger partial charge is 0.499 e. The number of rotatable bonds is 8. The molecule has 9 nitrogen and oxygen atoms in total. The van der Waals surface area contributed by atoms with Gasteiger partial charge in [-0.15, -0.1) is 0 Å². The van der Waals surface area contributed by atoms with Crippen LogP contribution >= 0.6 is 0 Å². The number of hydrogen-bond donors (Lipinski definition) is 2. The number of carbonyl (C=O) groups excluding carboxylic acids is 1. The van der Waals surface area contributed by atoms with E-state index < -0.39 is 17.8 Å². The van der Waals surface area contributed by atoms with Gasteiger partial charge in [0.25, 0.3) is 5.91 Å². The number of benzene rings is 1. The minimum atomic E-state index is -4.52. The van der Waals surface area contributed by atoms with E-state index in [0.29, 0.717) is 35.1 Å². The standard InChI is InChI=1S/C25H27F3N6O3/c1-14-22-19(33(3)23(15(2)36-4)24(35)32-22)9-21(31-14)29-10-17-11-30-34(13-17)12-16-6-7-20(37-5)18(8-16)25(26,27)28/h6-9,11,13,23H,2,10,12H2,1,3-5H3,(H,29,31)(H,32,35)/t23-/m0/s1. The zero-order chi connectivity index (χ0) is 26.9. The number of aryl methyl sites for hydroxylation is 1. The van der Waals surface area contributed by atoms with Gasteiger partial charge in [-0.2, -0.15) is 18.3 Å². The van der Waals surface area contributed by atoms with Gasteiger partial charge in [-0.25, -0.2) is 4.98 Å². The average Bonchev–Trinajstić information content (AvgIpc) is 3.30. The summed E-state index contributed by atoms with van der Waals surface area (Å²) >= 11 is 0. The summed E-state index contributed by atoms with van der Waals surface area (Å²) in [6.45, 7) is 6.17. The van der Waals surface area contributed by atoms with Gasteiger partial charge in [0.2, 0.25) is 0 Å². The number of methoxy groups -OCH3 is 2. The first-order valence-electron chi connectivity index (χ1n) is 11.3. The van der Waals surface area contributed by atoms with Crippen molar-refractivity contribution in [3.05, 3.63) is 71.4 Å². The molecule has 1 aromatic carbocycles. The van der Waals surface area contributed by atoms with Crippen LogP contribution in [0.15, 0.2) is 49.0 Å². The maximum absolute atomic E-state index is 13.3. The van der Waals surface area contributed by atoms with Crippen LogP contribution in [0.1, 0.15) is 22.4 Å². The molecule has 3 aromatic rings. The Kier molecular flexibility index (Phi) is 7.01. The van der Waals surface area contributed by atoms with Gasteiger partial charge < -0.3 is 25.0 Å². The molecule has 12 heteroatoms. The predicted octanol–water partition coefficient (Wildman–Crippen LogP) is 4.19. The van der Waals surface area contributed by atoms with Crippen molar-refractivity contribution in [2.75, 3.05) is 36.8 Å². The zero-order valence-corrected chi connectivity index (χ0v) is 20.8. The van der Waals surface area contributed by atoms with E-state index in [9.17, 15) is 18.0 Å². The van der Waals surface area contributed by atoms with Crippen LogP contribution in [0.3, 0.4) is 0 Å². The molecule has 0 bridgehead atoms. The normalized spacial score (nSPS) is 15.2. The third-order valence-electron chi connectivity index (χ3n) is 6.08. The molecule has 0 spiro atoms. The summed E-state index contributed by atoms with van der Waals surface area (Å²) in [4.78, 5) is 18.9. The first kappa shape index (κ1) is 25.9. The lowest BCUT2D eigenvalue weighted by molar-refractivity contribution is -0.138. The van der Waals surface area contributed by atoms with Crippen molar-refractivity contribution in [1.82, 2.24) is 14.8 Å². The van der Waals surface area contributed by atoms with Crippen molar-refractivity contribution < 1.29 is 27.4 Å². The van der Waals surface area contributed by atoms with Crippen LogP contribution < -0.4 is 20.3 Å². The first-order chi connectivity index (χ1) is 17.5. The Morgan fingerprint density at radius 3 is 2.68 bits per heavy atom. The second kappa shape index (κ2) is 10.0. The second-order valence-electron chi connectivity index (χ2n) is 8.59. The molecule has 2 aromatic heterocycles. The molecule has 37 heavy (non-hydrogen) atoms. The summed E-state index contributed by atoms with van der Waals surface area (Å²) in [6.07, 6.45) is -1.13. The first-order valence-corrected chi connectivity index (χ1v) is 11.3. The number of ether oxygens (including phenoxy) is 2. The Hall–Kier alpha value is -4.22. The fraction of sp³-hybridized carbons (Fsp3) is 0.320. The Morgan fingerprint density at radius 2 is 2.00 bits per heavy atom. The molecule has 4 rings (SSSR count). The minimum Gasteiger partial charge on any atom is -0.499 e. The highest BCUT2D eigenvalue weighted by Gasteiger charge is 2.35. The van der Waals surface area contributed by atoms with Crippen molar-refractivity contribution in [1.29, 1.82) is 0 Å². The van der Waals surface area contributed by atoms with Crippen molar-refractivity contribution in [2.24, 2.45) is 0 Å². The number of nitrogens with one attached hydrogen (secondary N) is 2. The summed E-state index contributed by atoms with van der Waals surface area (Å²) in [5, 5.41) is 10.4. The lowest BCUT2D eigenvalue weighted by Crippen LogP contribution is -2.47. The van der Waals surface area contributed by atoms with Crippen molar-refractivity contribution in [3.8, 4) is 5.75 Å². The van der Waals surface area contributed by atoms with Crippen LogP contribution in [0.2, 0.25) is 0 Å². The van der Waals surface area contributed by atoms with Crippen LogP contribution in [0.25, 0.3) is 0 Å². The molecule has 0 saturated heterocycles. The number of aromatic nitrogens is 3. The van der Waals surface area contributed by atoms with E-state index in [-0.39, 0.29) is 18.2 Å². The average molecular weight is 517 g/mol. The number of carbonyl (C=O) groups is 1. The van der Waals surface area contributed by atoms with Gasteiger partial charge >= 0.3 is 6.18 Å². The van der Waals surface area contributed by atoms with Crippen LogP contribution in [0.5, 0.6) is 5.75 Å². The molecule has 3 heterocycles. The third kappa shape index (κ3) is 5.32. The maximum Gasteiger partial charge on any atom is 0.419 e. The minimum absolute atomic E-state index is 0.165. The molecular weight excluding hydrogens is 489 g/mol. The molecule has 1 amide bonds. The summed E-state index contributed by atoms with van der Waals surface area (Å²) in [6, 6.07) is 5.09. The molecule has 1 aliphatic heterocycles. The van der Waals surface area contributed by atoms with Crippen LogP contribution in [-0.4, -0.2) is 48.0 Å². The molecule has 1 aliphatic rings. The van der Waals surface area contributed by atoms with Crippen molar-refractivity contribution in [3.63, 3.8) is 0 Å². The van der Waals surface area contributed by atoms with E-state index >= 15 is 0 Å². The molecular formula is C25H27F3N6O3. The molecule has 2 N–H and O–H groups in total. The quantitative estimate of drug-likeness (QED) is 0.434. The van der Waals surface area contributed by atoms with Gasteiger partial charge in [-0.3, -0.25) is 9.48 Å². The number of amides is 1. The second-order valence-corrected chi connectivity index (χ2v) is 8.59. The van der Waals surface area contributed by atoms with Gasteiger partial charge in [-0.05, 0) is 24.6 Å². The van der Waals surface area contributed by atoms with Gasteiger partial charge in [0.15, 0.2) is 6.04 Å². The molecule has 0 unspecified atom stereocenters. The summed E-state index contributed by atoms with van der Waals surface area (Å²) < 4.78 is 51.6. The number of pyridine rings is 1. The summed E-state index contributed by atoms with van der Waals surface area (Å²) in [5.41, 5.74) is 2.44. The van der Waals surface area contributed by atoms with Gasteiger partial charge in [0, 0.05) is 31.4 Å². The van der Waals surface area contributed by atoms with Gasteiger partial charge in [-0.1, -0.05) is 12.6 Å². The highest BCUT2D eigenvalue weighted by molar-refractivity contribution is 6.05. The molecule has 0 fully saturated rings. The van der Waals surface area contributed by atoms with Crippen molar-refractivity contribution in [2.45, 2.75) is 32.2 Å². The molecule has 1 atom stereocenters. The Morgan fingerprint density at radius 1 is 1.24 bits per heavy atom. The number of likely N-dealkylation sites (N-methyl/N-ethyl adjacent to an activating group) is 1. The Bertz CT molecular complexity index is 1340. The number of anilines is 3. The van der Waals surface area contributed by atoms with Gasteiger partial charge in [0.05, 0.1) is 49.6 Å². The number of nitrogens with zero attached hydrogens (tertiary/aromatic N) is 4. The third-order valence-corrected chi connectivity index (χ3v) is 6.08. The van der Waals surface area contributed by atoms with Crippen LogP contribution in [0.4, 0.5) is 30.4 Å². The summed E-state index contributed by atoms with van der Waals surface area (Å²) in [5.74, 6) is 0.427.